The van der Waals surface area contributed by atoms with Gasteiger partial charge in [-0.05, 0) is 27.8 Å². The molecule has 0 fully saturated rings. The van der Waals surface area contributed by atoms with Crippen LogP contribution in [0, 0.1) is 0 Å². The number of carbonyl (C=O) groups excluding carboxylic acids is 1. The molecule has 166 valence electrons. The molecule has 7 heteroatoms. The maximum Gasteiger partial charge on any atom is 0.415 e. The van der Waals surface area contributed by atoms with Crippen LogP contribution >= 0.6 is 0 Å². The number of halogens is 3. The molecule has 0 aliphatic heterocycles. The van der Waals surface area contributed by atoms with Crippen molar-refractivity contribution >= 4 is 6.09 Å². The lowest BCUT2D eigenvalue weighted by molar-refractivity contribution is -0.203. The largest absolute Gasteiger partial charge is 0.449 e. The van der Waals surface area contributed by atoms with E-state index in [1.165, 1.54) is 24.3 Å². The van der Waals surface area contributed by atoms with Crippen molar-refractivity contribution in [3.8, 4) is 11.1 Å². The SMILES string of the molecule is O=C(NC(CCO)(c1ccccc1)C(F)(F)F)OCC1c2ccccc2-c2ccccc21. The standard InChI is InChI=1S/C25H22F3NO3/c26-25(27,28)24(14-15-30,17-8-2-1-3-9-17)29-23(31)32-16-22-20-12-6-4-10-18(20)19-11-5-7-13-21(19)22/h1-13,22,30H,14-16H2,(H,29,31). The number of hydrogen-bond acceptors (Lipinski definition) is 3. The first-order chi connectivity index (χ1) is 15.4. The van der Waals surface area contributed by atoms with Gasteiger partial charge in [-0.15, -0.1) is 0 Å². The molecule has 3 aromatic rings. The van der Waals surface area contributed by atoms with Gasteiger partial charge in [0.05, 0.1) is 0 Å². The van der Waals surface area contributed by atoms with Crippen molar-refractivity contribution in [2.75, 3.05) is 13.2 Å². The highest BCUT2D eigenvalue weighted by atomic mass is 19.4. The van der Waals surface area contributed by atoms with Gasteiger partial charge >= 0.3 is 12.3 Å². The summed E-state index contributed by atoms with van der Waals surface area (Å²) in [6.45, 7) is -0.875. The van der Waals surface area contributed by atoms with E-state index in [1.807, 2.05) is 53.8 Å². The molecule has 0 radical (unpaired) electrons. The maximum absolute atomic E-state index is 14.2. The molecule has 0 saturated heterocycles. The third-order valence-corrected chi connectivity index (χ3v) is 5.90. The number of fused-ring (bicyclic) bond motifs is 3. The molecule has 4 nitrogen and oxygen atoms in total. The first-order valence-electron chi connectivity index (χ1n) is 10.2. The third-order valence-electron chi connectivity index (χ3n) is 5.90. The molecular weight excluding hydrogens is 419 g/mol. The lowest BCUT2D eigenvalue weighted by Gasteiger charge is -2.36. The van der Waals surface area contributed by atoms with E-state index in [1.54, 1.807) is 6.07 Å². The Morgan fingerprint density at radius 3 is 1.94 bits per heavy atom. The van der Waals surface area contributed by atoms with Gasteiger partial charge in [0.1, 0.15) is 6.61 Å². The van der Waals surface area contributed by atoms with Crippen molar-refractivity contribution in [2.45, 2.75) is 24.1 Å². The zero-order valence-electron chi connectivity index (χ0n) is 17.1. The van der Waals surface area contributed by atoms with Gasteiger partial charge in [0.25, 0.3) is 0 Å². The van der Waals surface area contributed by atoms with Crippen molar-refractivity contribution in [3.63, 3.8) is 0 Å². The molecule has 3 aromatic carbocycles. The molecule has 32 heavy (non-hydrogen) atoms. The lowest BCUT2D eigenvalue weighted by Crippen LogP contribution is -2.56. The molecule has 2 N–H and O–H groups in total. The van der Waals surface area contributed by atoms with Crippen LogP contribution in [0.2, 0.25) is 0 Å². The Labute approximate surface area is 183 Å². The second-order valence-electron chi connectivity index (χ2n) is 7.69. The number of ether oxygens (including phenoxy) is 1. The van der Waals surface area contributed by atoms with Crippen molar-refractivity contribution in [1.82, 2.24) is 5.32 Å². The molecule has 1 aliphatic carbocycles. The zero-order chi connectivity index (χ0) is 22.8. The van der Waals surface area contributed by atoms with Crippen LogP contribution < -0.4 is 5.32 Å². The fraction of sp³-hybridized carbons (Fsp3) is 0.240. The number of nitrogens with one attached hydrogen (secondary N) is 1. The minimum absolute atomic E-state index is 0.109. The van der Waals surface area contributed by atoms with E-state index in [-0.39, 0.29) is 18.1 Å². The van der Waals surface area contributed by atoms with Crippen LogP contribution in [0.15, 0.2) is 78.9 Å². The van der Waals surface area contributed by atoms with E-state index in [0.717, 1.165) is 22.3 Å². The van der Waals surface area contributed by atoms with Gasteiger partial charge in [-0.2, -0.15) is 13.2 Å². The number of alkyl carbamates (subject to hydrolysis) is 1. The van der Waals surface area contributed by atoms with E-state index in [0.29, 0.717) is 0 Å². The summed E-state index contributed by atoms with van der Waals surface area (Å²) in [6, 6.07) is 22.4. The summed E-state index contributed by atoms with van der Waals surface area (Å²) in [5.41, 5.74) is 1.03. The van der Waals surface area contributed by atoms with Crippen molar-refractivity contribution in [3.05, 3.63) is 95.6 Å². The molecule has 0 heterocycles. The Hall–Kier alpha value is -3.32. The van der Waals surface area contributed by atoms with Crippen molar-refractivity contribution in [1.29, 1.82) is 0 Å². The summed E-state index contributed by atoms with van der Waals surface area (Å²) in [6.07, 6.45) is -6.77. The minimum atomic E-state index is -4.84. The van der Waals surface area contributed by atoms with E-state index < -0.39 is 30.8 Å². The fourth-order valence-electron chi connectivity index (χ4n) is 4.35. The summed E-state index contributed by atoms with van der Waals surface area (Å²) in [7, 11) is 0. The van der Waals surface area contributed by atoms with Gasteiger partial charge in [0, 0.05) is 18.9 Å². The second kappa shape index (κ2) is 8.67. The Kier molecular flexibility index (Phi) is 5.93. The van der Waals surface area contributed by atoms with Gasteiger partial charge in [0.15, 0.2) is 5.54 Å². The van der Waals surface area contributed by atoms with Crippen LogP contribution in [0.1, 0.15) is 29.0 Å². The Bertz CT molecular complexity index is 1060. The first kappa shape index (κ1) is 21.9. The monoisotopic (exact) mass is 441 g/mol. The molecule has 1 aliphatic rings. The molecule has 0 bridgehead atoms. The molecule has 0 saturated carbocycles. The normalized spacial score (nSPS) is 14.9. The molecule has 0 spiro atoms. The molecular formula is C25H22F3NO3. The fourth-order valence-corrected chi connectivity index (χ4v) is 4.35. The van der Waals surface area contributed by atoms with Crippen LogP contribution in [0.5, 0.6) is 0 Å². The van der Waals surface area contributed by atoms with E-state index in [2.05, 4.69) is 0 Å². The summed E-state index contributed by atoms with van der Waals surface area (Å²) in [4.78, 5) is 12.6. The molecule has 1 unspecified atom stereocenters. The summed E-state index contributed by atoms with van der Waals surface area (Å²) in [5.74, 6) is -0.275. The second-order valence-corrected chi connectivity index (χ2v) is 7.69. The number of aliphatic hydroxyl groups excluding tert-OH is 1. The van der Waals surface area contributed by atoms with E-state index in [9.17, 15) is 23.1 Å². The van der Waals surface area contributed by atoms with Crippen molar-refractivity contribution in [2.24, 2.45) is 0 Å². The number of aliphatic hydroxyl groups is 1. The smallest absolute Gasteiger partial charge is 0.415 e. The number of hydrogen-bond donors (Lipinski definition) is 2. The predicted octanol–water partition coefficient (Wildman–Crippen LogP) is 5.37. The van der Waals surface area contributed by atoms with Gasteiger partial charge < -0.3 is 15.2 Å². The first-order valence-corrected chi connectivity index (χ1v) is 10.2. The number of alkyl halides is 3. The average molecular weight is 441 g/mol. The van der Waals surface area contributed by atoms with E-state index in [4.69, 9.17) is 4.74 Å². The molecule has 1 amide bonds. The van der Waals surface area contributed by atoms with Gasteiger partial charge in [-0.1, -0.05) is 78.9 Å². The van der Waals surface area contributed by atoms with Crippen LogP contribution in [-0.4, -0.2) is 30.6 Å². The van der Waals surface area contributed by atoms with Gasteiger partial charge in [-0.25, -0.2) is 4.79 Å². The topological polar surface area (TPSA) is 58.6 Å². The van der Waals surface area contributed by atoms with Gasteiger partial charge in [-0.3, -0.25) is 0 Å². The Morgan fingerprint density at radius 2 is 1.41 bits per heavy atom. The third kappa shape index (κ3) is 3.84. The summed E-state index contributed by atoms with van der Waals surface area (Å²) >= 11 is 0. The Balaban J connectivity index is 1.58. The zero-order valence-corrected chi connectivity index (χ0v) is 17.1. The van der Waals surface area contributed by atoms with Crippen LogP contribution in [0.3, 0.4) is 0 Å². The maximum atomic E-state index is 14.2. The minimum Gasteiger partial charge on any atom is -0.449 e. The Morgan fingerprint density at radius 1 is 0.875 bits per heavy atom. The van der Waals surface area contributed by atoms with Crippen molar-refractivity contribution < 1.29 is 27.8 Å². The number of rotatable bonds is 6. The number of amides is 1. The highest BCUT2D eigenvalue weighted by molar-refractivity contribution is 5.79. The van der Waals surface area contributed by atoms with Crippen LogP contribution in [0.25, 0.3) is 11.1 Å². The number of carbonyl (C=O) groups is 1. The highest BCUT2D eigenvalue weighted by Crippen LogP contribution is 2.45. The highest BCUT2D eigenvalue weighted by Gasteiger charge is 2.57. The lowest BCUT2D eigenvalue weighted by atomic mass is 9.86. The summed E-state index contributed by atoms with van der Waals surface area (Å²) in [5, 5.41) is 11.4. The van der Waals surface area contributed by atoms with E-state index >= 15 is 0 Å². The molecule has 4 rings (SSSR count). The quantitative estimate of drug-likeness (QED) is 0.541. The van der Waals surface area contributed by atoms with Crippen LogP contribution in [0.4, 0.5) is 18.0 Å². The molecule has 1 atom stereocenters. The number of benzene rings is 3. The average Bonchev–Trinajstić information content (AvgIpc) is 3.11. The van der Waals surface area contributed by atoms with Gasteiger partial charge in [0.2, 0.25) is 0 Å². The molecule has 0 aromatic heterocycles. The van der Waals surface area contributed by atoms with Crippen LogP contribution in [-0.2, 0) is 10.3 Å². The predicted molar refractivity (Wildman–Crippen MR) is 114 cm³/mol. The summed E-state index contributed by atoms with van der Waals surface area (Å²) < 4.78 is 47.8.